The van der Waals surface area contributed by atoms with Gasteiger partial charge in [-0.25, -0.2) is 0 Å². The third kappa shape index (κ3) is 2.06. The average molecular weight is 218 g/mol. The number of pyridine rings is 1. The van der Waals surface area contributed by atoms with Gasteiger partial charge in [-0.15, -0.1) is 0 Å². The number of rotatable bonds is 2. The lowest BCUT2D eigenvalue weighted by Gasteiger charge is -2.35. The van der Waals surface area contributed by atoms with Crippen LogP contribution in [0.15, 0.2) is 12.3 Å². The molecule has 0 unspecified atom stereocenters. The van der Waals surface area contributed by atoms with Gasteiger partial charge < -0.3 is 4.90 Å². The molecule has 1 aliphatic rings. The average Bonchev–Trinajstić information content (AvgIpc) is 2.27. The number of fused-ring (bicyclic) bond motifs is 1. The van der Waals surface area contributed by atoms with Crippen molar-refractivity contribution in [3.63, 3.8) is 0 Å². The molecule has 0 saturated heterocycles. The predicted octanol–water partition coefficient (Wildman–Crippen LogP) is 3.37. The van der Waals surface area contributed by atoms with Crippen LogP contribution < -0.4 is 4.90 Å². The van der Waals surface area contributed by atoms with Gasteiger partial charge >= 0.3 is 0 Å². The van der Waals surface area contributed by atoms with E-state index in [1.54, 1.807) is 0 Å². The van der Waals surface area contributed by atoms with E-state index in [2.05, 4.69) is 49.8 Å². The minimum Gasteiger partial charge on any atom is -0.369 e. The molecule has 1 aromatic rings. The van der Waals surface area contributed by atoms with E-state index in [-0.39, 0.29) is 0 Å². The Morgan fingerprint density at radius 3 is 2.62 bits per heavy atom. The quantitative estimate of drug-likeness (QED) is 0.756. The fourth-order valence-electron chi connectivity index (χ4n) is 2.36. The van der Waals surface area contributed by atoms with Gasteiger partial charge in [-0.2, -0.15) is 0 Å². The second-order valence-electron chi connectivity index (χ2n) is 5.28. The molecule has 2 heterocycles. The maximum absolute atomic E-state index is 4.56. The molecule has 2 nitrogen and oxygen atoms in total. The highest BCUT2D eigenvalue weighted by molar-refractivity contribution is 5.56. The van der Waals surface area contributed by atoms with E-state index in [0.29, 0.717) is 12.0 Å². The summed E-state index contributed by atoms with van der Waals surface area (Å²) < 4.78 is 0. The maximum Gasteiger partial charge on any atom is 0.0449 e. The van der Waals surface area contributed by atoms with Gasteiger partial charge in [0.2, 0.25) is 0 Å². The molecule has 0 N–H and O–H groups in total. The number of nitrogens with zero attached hydrogens (tertiary/aromatic N) is 2. The van der Waals surface area contributed by atoms with E-state index in [9.17, 15) is 0 Å². The summed E-state index contributed by atoms with van der Waals surface area (Å²) >= 11 is 0. The van der Waals surface area contributed by atoms with E-state index in [1.165, 1.54) is 36.3 Å². The Bertz CT molecular complexity index is 369. The zero-order valence-electron chi connectivity index (χ0n) is 10.8. The summed E-state index contributed by atoms with van der Waals surface area (Å²) in [7, 11) is 0. The first-order valence-electron chi connectivity index (χ1n) is 6.35. The predicted molar refractivity (Wildman–Crippen MR) is 69.1 cm³/mol. The van der Waals surface area contributed by atoms with Crippen molar-refractivity contribution in [2.24, 2.45) is 0 Å². The Balaban J connectivity index is 2.40. The first-order valence-corrected chi connectivity index (χ1v) is 6.35. The molecule has 0 atom stereocenters. The van der Waals surface area contributed by atoms with Crippen LogP contribution in [0.5, 0.6) is 0 Å². The lowest BCUT2D eigenvalue weighted by Crippen LogP contribution is -2.35. The van der Waals surface area contributed by atoms with Crippen molar-refractivity contribution < 1.29 is 0 Å². The van der Waals surface area contributed by atoms with Gasteiger partial charge in [-0.3, -0.25) is 4.98 Å². The molecule has 16 heavy (non-hydrogen) atoms. The van der Waals surface area contributed by atoms with Crippen molar-refractivity contribution in [2.45, 2.75) is 52.5 Å². The Hall–Kier alpha value is -1.05. The van der Waals surface area contributed by atoms with Crippen LogP contribution in [-0.4, -0.2) is 17.6 Å². The number of aryl methyl sites for hydroxylation is 1. The molecule has 0 aromatic carbocycles. The smallest absolute Gasteiger partial charge is 0.0449 e. The molecule has 0 amide bonds. The molecule has 0 bridgehead atoms. The van der Waals surface area contributed by atoms with Crippen molar-refractivity contribution >= 4 is 5.69 Å². The molecule has 0 radical (unpaired) electrons. The lowest BCUT2D eigenvalue weighted by molar-refractivity contribution is 0.621. The normalized spacial score (nSPS) is 15.8. The highest BCUT2D eigenvalue weighted by Crippen LogP contribution is 2.30. The summed E-state index contributed by atoms with van der Waals surface area (Å²) in [5, 5.41) is 0. The van der Waals surface area contributed by atoms with Crippen molar-refractivity contribution in [1.82, 2.24) is 4.98 Å². The van der Waals surface area contributed by atoms with Gasteiger partial charge in [-0.05, 0) is 44.2 Å². The van der Waals surface area contributed by atoms with E-state index in [4.69, 9.17) is 0 Å². The Morgan fingerprint density at radius 1 is 1.25 bits per heavy atom. The van der Waals surface area contributed by atoms with Gasteiger partial charge in [0.25, 0.3) is 0 Å². The Kier molecular flexibility index (Phi) is 3.17. The lowest BCUT2D eigenvalue weighted by atomic mass is 9.99. The molecule has 1 aromatic heterocycles. The van der Waals surface area contributed by atoms with Gasteiger partial charge in [0.1, 0.15) is 0 Å². The van der Waals surface area contributed by atoms with Crippen LogP contribution in [0.2, 0.25) is 0 Å². The van der Waals surface area contributed by atoms with Crippen LogP contribution in [0.3, 0.4) is 0 Å². The molecular formula is C14H22N2. The summed E-state index contributed by atoms with van der Waals surface area (Å²) in [5.74, 6) is 0.515. The van der Waals surface area contributed by atoms with Crippen molar-refractivity contribution in [3.05, 3.63) is 23.5 Å². The Morgan fingerprint density at radius 2 is 2.00 bits per heavy atom. The zero-order valence-corrected chi connectivity index (χ0v) is 10.8. The minimum atomic E-state index is 0.515. The van der Waals surface area contributed by atoms with Gasteiger partial charge in [0.05, 0.1) is 0 Å². The van der Waals surface area contributed by atoms with Crippen LogP contribution in [0.4, 0.5) is 5.69 Å². The molecule has 0 fully saturated rings. The third-order valence-corrected chi connectivity index (χ3v) is 3.35. The van der Waals surface area contributed by atoms with Crippen LogP contribution in [-0.2, 0) is 6.42 Å². The summed E-state index contributed by atoms with van der Waals surface area (Å²) in [5.41, 5.74) is 4.05. The fourth-order valence-corrected chi connectivity index (χ4v) is 2.36. The topological polar surface area (TPSA) is 16.1 Å². The molecular weight excluding hydrogens is 196 g/mol. The highest BCUT2D eigenvalue weighted by Gasteiger charge is 2.20. The van der Waals surface area contributed by atoms with Crippen LogP contribution in [0.1, 0.15) is 51.3 Å². The molecule has 1 aliphatic heterocycles. The monoisotopic (exact) mass is 218 g/mol. The third-order valence-electron chi connectivity index (χ3n) is 3.35. The zero-order chi connectivity index (χ0) is 11.7. The molecule has 0 saturated carbocycles. The number of aromatic nitrogens is 1. The van der Waals surface area contributed by atoms with Crippen LogP contribution in [0, 0.1) is 0 Å². The Labute approximate surface area is 98.7 Å². The standard InChI is InChI=1S/C14H22N2/c1-10(2)13-8-14-12(9-15-13)6-5-7-16(14)11(3)4/h8-11H,5-7H2,1-4H3. The van der Waals surface area contributed by atoms with Crippen molar-refractivity contribution in [2.75, 3.05) is 11.4 Å². The largest absolute Gasteiger partial charge is 0.369 e. The molecule has 0 aliphatic carbocycles. The second-order valence-corrected chi connectivity index (χ2v) is 5.28. The summed E-state index contributed by atoms with van der Waals surface area (Å²) in [6, 6.07) is 2.88. The van der Waals surface area contributed by atoms with E-state index < -0.39 is 0 Å². The van der Waals surface area contributed by atoms with Crippen molar-refractivity contribution in [1.29, 1.82) is 0 Å². The van der Waals surface area contributed by atoms with Gasteiger partial charge in [0, 0.05) is 30.2 Å². The molecule has 2 rings (SSSR count). The number of hydrogen-bond donors (Lipinski definition) is 0. The summed E-state index contributed by atoms with van der Waals surface area (Å²) in [6.07, 6.45) is 4.52. The second kappa shape index (κ2) is 4.44. The summed E-state index contributed by atoms with van der Waals surface area (Å²) in [4.78, 5) is 7.06. The number of anilines is 1. The molecule has 0 spiro atoms. The van der Waals surface area contributed by atoms with Gasteiger partial charge in [-0.1, -0.05) is 13.8 Å². The summed E-state index contributed by atoms with van der Waals surface area (Å²) in [6.45, 7) is 10.1. The van der Waals surface area contributed by atoms with Gasteiger partial charge in [0.15, 0.2) is 0 Å². The van der Waals surface area contributed by atoms with E-state index >= 15 is 0 Å². The fraction of sp³-hybridized carbons (Fsp3) is 0.643. The SMILES string of the molecule is CC(C)c1cc2c(cn1)CCCN2C(C)C. The molecule has 88 valence electrons. The van der Waals surface area contributed by atoms with Crippen LogP contribution in [0.25, 0.3) is 0 Å². The van der Waals surface area contributed by atoms with E-state index in [0.717, 1.165) is 0 Å². The minimum absolute atomic E-state index is 0.515. The highest BCUT2D eigenvalue weighted by atomic mass is 15.2. The van der Waals surface area contributed by atoms with Crippen LogP contribution >= 0.6 is 0 Å². The van der Waals surface area contributed by atoms with E-state index in [1.807, 2.05) is 0 Å². The first kappa shape index (κ1) is 11.4. The first-order chi connectivity index (χ1) is 7.59. The maximum atomic E-state index is 4.56. The molecule has 2 heteroatoms. The van der Waals surface area contributed by atoms with Crippen molar-refractivity contribution in [3.8, 4) is 0 Å². The number of hydrogen-bond acceptors (Lipinski definition) is 2.